The number of hydrogen-bond donors (Lipinski definition) is 1. The monoisotopic (exact) mass is 415 g/mol. The van der Waals surface area contributed by atoms with Crippen LogP contribution in [0.25, 0.3) is 11.0 Å². The van der Waals surface area contributed by atoms with Crippen LogP contribution in [0.3, 0.4) is 0 Å². The van der Waals surface area contributed by atoms with Crippen LogP contribution in [-0.4, -0.2) is 25.7 Å². The topological polar surface area (TPSA) is 85.8 Å². The maximum Gasteiger partial charge on any atom is 0.416 e. The van der Waals surface area contributed by atoms with Crippen molar-refractivity contribution in [2.24, 2.45) is 0 Å². The first-order chi connectivity index (χ1) is 14.2. The van der Waals surface area contributed by atoms with Crippen LogP contribution in [-0.2, 0) is 12.7 Å². The number of anilines is 1. The van der Waals surface area contributed by atoms with Crippen molar-refractivity contribution in [3.63, 3.8) is 0 Å². The van der Waals surface area contributed by atoms with E-state index >= 15 is 0 Å². The summed E-state index contributed by atoms with van der Waals surface area (Å²) >= 11 is 0. The Morgan fingerprint density at radius 1 is 1.17 bits per heavy atom. The second-order valence-corrected chi connectivity index (χ2v) is 6.69. The number of halogens is 3. The van der Waals surface area contributed by atoms with Crippen LogP contribution < -0.4 is 5.32 Å². The number of nitrogens with zero attached hydrogens (tertiary/aromatic N) is 4. The van der Waals surface area contributed by atoms with Crippen molar-refractivity contribution in [1.29, 1.82) is 0 Å². The second kappa shape index (κ2) is 7.29. The molecule has 3 heterocycles. The van der Waals surface area contributed by atoms with Gasteiger partial charge in [0.05, 0.1) is 23.0 Å². The fraction of sp³-hybridized carbons (Fsp3) is 0.200. The Labute approximate surface area is 168 Å². The number of nitrogens with one attached hydrogen (secondary N) is 1. The Morgan fingerprint density at radius 3 is 2.53 bits per heavy atom. The fourth-order valence-corrected chi connectivity index (χ4v) is 3.24. The van der Waals surface area contributed by atoms with E-state index in [1.54, 1.807) is 18.5 Å². The molecule has 0 aliphatic rings. The number of amides is 1. The maximum absolute atomic E-state index is 12.7. The van der Waals surface area contributed by atoms with Crippen LogP contribution in [0.1, 0.15) is 33.1 Å². The highest BCUT2D eigenvalue weighted by Crippen LogP contribution is 2.30. The highest BCUT2D eigenvalue weighted by molar-refractivity contribution is 6.07. The molecule has 0 saturated carbocycles. The summed E-state index contributed by atoms with van der Waals surface area (Å²) in [6.07, 6.45) is -0.00625. The van der Waals surface area contributed by atoms with E-state index in [-0.39, 0.29) is 5.69 Å². The Balaban J connectivity index is 1.62. The van der Waals surface area contributed by atoms with E-state index < -0.39 is 17.6 Å². The molecule has 0 spiro atoms. The molecule has 0 radical (unpaired) electrons. The van der Waals surface area contributed by atoms with Crippen molar-refractivity contribution in [3.05, 3.63) is 71.2 Å². The molecule has 0 saturated heterocycles. The van der Waals surface area contributed by atoms with Crippen LogP contribution in [0.4, 0.5) is 18.9 Å². The number of fused-ring (bicyclic) bond motifs is 1. The molecule has 10 heteroatoms. The minimum Gasteiger partial charge on any atom is -0.447 e. The number of aromatic nitrogens is 4. The van der Waals surface area contributed by atoms with Crippen LogP contribution in [0.15, 0.2) is 47.3 Å². The highest BCUT2D eigenvalue weighted by atomic mass is 19.4. The minimum atomic E-state index is -4.43. The van der Waals surface area contributed by atoms with E-state index in [0.29, 0.717) is 34.9 Å². The molecule has 0 bridgehead atoms. The van der Waals surface area contributed by atoms with Crippen molar-refractivity contribution in [2.75, 3.05) is 5.32 Å². The molecule has 0 aliphatic heterocycles. The Hall–Kier alpha value is -3.69. The van der Waals surface area contributed by atoms with E-state index in [4.69, 9.17) is 4.42 Å². The van der Waals surface area contributed by atoms with Crippen molar-refractivity contribution in [2.45, 2.75) is 26.6 Å². The lowest BCUT2D eigenvalue weighted by Crippen LogP contribution is -2.14. The number of benzene rings is 1. The number of hydrogen-bond acceptors (Lipinski definition) is 5. The molecule has 154 valence electrons. The summed E-state index contributed by atoms with van der Waals surface area (Å²) in [6, 6.07) is 4.25. The molecule has 1 aromatic carbocycles. The van der Waals surface area contributed by atoms with Gasteiger partial charge in [-0.05, 0) is 43.7 Å². The average Bonchev–Trinajstić information content (AvgIpc) is 3.30. The smallest absolute Gasteiger partial charge is 0.416 e. The first kappa shape index (κ1) is 19.6. The summed E-state index contributed by atoms with van der Waals surface area (Å²) < 4.78 is 45.0. The van der Waals surface area contributed by atoms with E-state index in [0.717, 1.165) is 17.5 Å². The van der Waals surface area contributed by atoms with E-state index in [9.17, 15) is 18.0 Å². The summed E-state index contributed by atoms with van der Waals surface area (Å²) in [5.41, 5.74) is 1.71. The lowest BCUT2D eigenvalue weighted by molar-refractivity contribution is -0.137. The zero-order valence-electron chi connectivity index (χ0n) is 16.0. The molecule has 30 heavy (non-hydrogen) atoms. The van der Waals surface area contributed by atoms with Gasteiger partial charge in [-0.2, -0.15) is 18.3 Å². The Kier molecular flexibility index (Phi) is 4.76. The Bertz CT molecular complexity index is 1210. The number of oxazole rings is 1. The second-order valence-electron chi connectivity index (χ2n) is 6.69. The van der Waals surface area contributed by atoms with Crippen LogP contribution in [0.5, 0.6) is 0 Å². The Morgan fingerprint density at radius 2 is 1.90 bits per heavy atom. The molecule has 0 aliphatic carbocycles. The number of carbonyl (C=O) groups is 1. The van der Waals surface area contributed by atoms with E-state index in [2.05, 4.69) is 20.4 Å². The normalized spacial score (nSPS) is 11.8. The van der Waals surface area contributed by atoms with Gasteiger partial charge < -0.3 is 9.73 Å². The van der Waals surface area contributed by atoms with Crippen molar-refractivity contribution < 1.29 is 22.4 Å². The molecule has 4 rings (SSSR count). The predicted molar refractivity (Wildman–Crippen MR) is 102 cm³/mol. The van der Waals surface area contributed by atoms with Gasteiger partial charge in [-0.3, -0.25) is 4.79 Å². The predicted octanol–water partition coefficient (Wildman–Crippen LogP) is 4.36. The molecular formula is C20H16F3N5O2. The largest absolute Gasteiger partial charge is 0.447 e. The van der Waals surface area contributed by atoms with Gasteiger partial charge in [-0.15, -0.1) is 0 Å². The lowest BCUT2D eigenvalue weighted by atomic mass is 10.1. The molecule has 0 atom stereocenters. The van der Waals surface area contributed by atoms with Crippen LogP contribution in [0.2, 0.25) is 0 Å². The lowest BCUT2D eigenvalue weighted by Gasteiger charge is -2.10. The minimum absolute atomic E-state index is 0.254. The summed E-state index contributed by atoms with van der Waals surface area (Å²) in [6.45, 7) is 3.87. The maximum atomic E-state index is 12.7. The van der Waals surface area contributed by atoms with Crippen LogP contribution in [0, 0.1) is 13.8 Å². The SMILES string of the molecule is Cc1nn(Cc2ncco2)c2ncc(C(=O)Nc3ccc(C(F)(F)F)cc3)c(C)c12. The van der Waals surface area contributed by atoms with E-state index in [1.807, 2.05) is 0 Å². The summed E-state index contributed by atoms with van der Waals surface area (Å²) in [7, 11) is 0. The van der Waals surface area contributed by atoms with Gasteiger partial charge in [-0.25, -0.2) is 14.6 Å². The zero-order chi connectivity index (χ0) is 21.5. The van der Waals surface area contributed by atoms with Gasteiger partial charge in [0.1, 0.15) is 12.8 Å². The van der Waals surface area contributed by atoms with Gasteiger partial charge in [0, 0.05) is 17.3 Å². The average molecular weight is 415 g/mol. The zero-order valence-corrected chi connectivity index (χ0v) is 16.0. The number of alkyl halides is 3. The third kappa shape index (κ3) is 3.63. The van der Waals surface area contributed by atoms with Crippen molar-refractivity contribution in [3.8, 4) is 0 Å². The molecule has 4 aromatic rings. The molecule has 0 unspecified atom stereocenters. The summed E-state index contributed by atoms with van der Waals surface area (Å²) in [4.78, 5) is 21.2. The number of carbonyl (C=O) groups excluding carboxylic acids is 1. The molecule has 3 aromatic heterocycles. The van der Waals surface area contributed by atoms with Crippen molar-refractivity contribution in [1.82, 2.24) is 19.7 Å². The molecule has 7 nitrogen and oxygen atoms in total. The first-order valence-corrected chi connectivity index (χ1v) is 8.93. The number of rotatable bonds is 4. The van der Waals surface area contributed by atoms with Gasteiger partial charge >= 0.3 is 6.18 Å². The third-order valence-electron chi connectivity index (χ3n) is 4.68. The molecule has 1 amide bonds. The van der Waals surface area contributed by atoms with E-state index in [1.165, 1.54) is 30.8 Å². The summed E-state index contributed by atoms with van der Waals surface area (Å²) in [5.74, 6) is 0.00415. The quantitative estimate of drug-likeness (QED) is 0.535. The van der Waals surface area contributed by atoms with Gasteiger partial charge in [0.25, 0.3) is 5.91 Å². The highest BCUT2D eigenvalue weighted by Gasteiger charge is 2.30. The van der Waals surface area contributed by atoms with Crippen LogP contribution >= 0.6 is 0 Å². The van der Waals surface area contributed by atoms with Gasteiger partial charge in [0.2, 0.25) is 5.89 Å². The number of aryl methyl sites for hydroxylation is 2. The van der Waals surface area contributed by atoms with Gasteiger partial charge in [0.15, 0.2) is 5.65 Å². The fourth-order valence-electron chi connectivity index (χ4n) is 3.24. The number of pyridine rings is 1. The first-order valence-electron chi connectivity index (χ1n) is 8.93. The van der Waals surface area contributed by atoms with Crippen molar-refractivity contribution >= 4 is 22.6 Å². The summed E-state index contributed by atoms with van der Waals surface area (Å²) in [5, 5.41) is 7.79. The molecule has 1 N–H and O–H groups in total. The standard InChI is InChI=1S/C20H16F3N5O2/c1-11-15(19(29)26-14-5-3-13(4-6-14)20(21,22)23)9-25-18-17(11)12(2)27-28(18)10-16-24-7-8-30-16/h3-9H,10H2,1-2H3,(H,26,29). The molecule has 0 fully saturated rings. The molecular weight excluding hydrogens is 399 g/mol. The third-order valence-corrected chi connectivity index (χ3v) is 4.68. The van der Waals surface area contributed by atoms with Gasteiger partial charge in [-0.1, -0.05) is 0 Å².